The number of nitrogens with one attached hydrogen (secondary N) is 17. The molecule has 54 heteroatoms. The monoisotopic (exact) mass is 1930 g/mol. The number of hydrogen-bond donors (Lipinski definition) is 28. The number of amides is 20. The summed E-state index contributed by atoms with van der Waals surface area (Å²) >= 11 is 1.24. The zero-order valence-corrected chi connectivity index (χ0v) is 77.9. The van der Waals surface area contributed by atoms with Crippen LogP contribution in [0.3, 0.4) is 0 Å². The molecule has 2 rings (SSSR count). The van der Waals surface area contributed by atoms with E-state index >= 15 is 0 Å². The van der Waals surface area contributed by atoms with Crippen LogP contribution in [0.4, 0.5) is 0 Å². The maximum absolute atomic E-state index is 14.4. The van der Waals surface area contributed by atoms with Crippen LogP contribution in [-0.4, -0.2) is 377 Å². The summed E-state index contributed by atoms with van der Waals surface area (Å²) in [6.45, 7) is 12.4. The van der Waals surface area contributed by atoms with Crippen molar-refractivity contribution in [3.05, 3.63) is 0 Å². The van der Waals surface area contributed by atoms with E-state index in [0.29, 0.717) is 0 Å². The van der Waals surface area contributed by atoms with E-state index in [4.69, 9.17) is 16.6 Å². The Kier molecular flexibility index (Phi) is 50.6. The lowest BCUT2D eigenvalue weighted by atomic mass is 10.0. The van der Waals surface area contributed by atoms with E-state index in [2.05, 4.69) is 90.4 Å². The molecule has 0 saturated carbocycles. The zero-order chi connectivity index (χ0) is 102. The topological polar surface area (TPSA) is 838 Å². The van der Waals surface area contributed by atoms with Crippen molar-refractivity contribution in [1.82, 2.24) is 100 Å². The highest BCUT2D eigenvalue weighted by molar-refractivity contribution is 7.98. The third kappa shape index (κ3) is 38.8. The van der Waals surface area contributed by atoms with E-state index < -0.39 is 352 Å². The van der Waals surface area contributed by atoms with Crippen LogP contribution in [0.15, 0.2) is 0 Å². The van der Waals surface area contributed by atoms with E-state index in [1.807, 2.05) is 0 Å². The largest absolute Gasteiger partial charge is 0.481 e. The maximum atomic E-state index is 14.4. The molecule has 0 aromatic carbocycles. The van der Waals surface area contributed by atoms with Crippen LogP contribution < -0.4 is 102 Å². The minimum Gasteiger partial charge on any atom is -0.481 e. The second kappa shape index (κ2) is 57.5. The first-order chi connectivity index (χ1) is 62.5. The Bertz CT molecular complexity index is 4160. The van der Waals surface area contributed by atoms with Gasteiger partial charge in [0.15, 0.2) is 6.04 Å². The zero-order valence-electron chi connectivity index (χ0n) is 77.0. The smallest absolute Gasteiger partial charge is 0.328 e. The summed E-state index contributed by atoms with van der Waals surface area (Å²) in [6, 6.07) is -28.0. The quantitative estimate of drug-likeness (QED) is 0.0269. The molecule has 0 unspecified atom stereocenters. The van der Waals surface area contributed by atoms with Crippen molar-refractivity contribution in [2.24, 2.45) is 35.1 Å². The predicted octanol–water partition coefficient (Wildman–Crippen LogP) is -13.0. The number of carboxylic acids is 3. The van der Waals surface area contributed by atoms with Gasteiger partial charge in [0.05, 0.1) is 69.7 Å². The van der Waals surface area contributed by atoms with Crippen molar-refractivity contribution in [2.75, 3.05) is 57.9 Å². The van der Waals surface area contributed by atoms with Crippen LogP contribution in [0, 0.1) is 23.7 Å². The third-order valence-electron chi connectivity index (χ3n) is 21.1. The van der Waals surface area contributed by atoms with E-state index in [0.717, 1.165) is 44.4 Å². The van der Waals surface area contributed by atoms with Crippen LogP contribution in [0.2, 0.25) is 0 Å². The summed E-state index contributed by atoms with van der Waals surface area (Å²) < 4.78 is 0. The standard InChI is InChI=1S/C80H133N21O32S/c1-33(2)56(72(124)85-28-51(109)83-29-52(110)93-60(38(10)104)77(129)96-59(36(7)8)75(127)99-63(41(13)107)80(132)133)95-71(123)49-18-15-24-100(49)78(130)45(20-22-54(112)113)89-68(120)46(31-102)91-74(126)58(35(5)6)94-69(121)47(32-103)90-64(116)37(9)86-70(122)48-17-16-25-101(48)79(131)62(40(12)106)98-66(118)43(19-21-50(82)108)87-76(128)61(39(11)105)97-67(119)44(23-26-134-14)88-73(125)57(34(3)4)92-53(111)30-84-65(117)42(81)27-55(114)115/h33-49,56-63,102-107H,15-32,81H2,1-14H3,(H2,82,108)(H,83,109)(H,84,117)(H,85,124)(H,86,122)(H,87,128)(H,88,125)(H,89,120)(H,90,116)(H,91,126)(H,92,111)(H,93,110)(H,94,121)(H,95,123)(H,96,129)(H,97,119)(H,98,118)(H,99,127)(H,112,113)(H,114,115)(H,132,133)/t37-,38+,39+,40+,41+,42-,43-,44-,45-,46-,47-,48-,49-,56-,57-,58-,59-,60-,61-,62-,63-/m0/s1. The molecular weight excluding hydrogens is 1800 g/mol. The fraction of sp³-hybridized carbons (Fsp3) is 0.713. The number of carbonyl (C=O) groups is 23. The molecule has 0 radical (unpaired) electrons. The van der Waals surface area contributed by atoms with Crippen LogP contribution in [0.1, 0.15) is 154 Å². The summed E-state index contributed by atoms with van der Waals surface area (Å²) in [5, 5.41) is 130. The number of carbonyl (C=O) groups excluding carboxylic acids is 20. The molecule has 134 heavy (non-hydrogen) atoms. The Hall–Kier alpha value is -12.1. The second-order valence-electron chi connectivity index (χ2n) is 33.7. The maximum Gasteiger partial charge on any atom is 0.328 e. The van der Waals surface area contributed by atoms with E-state index in [-0.39, 0.29) is 50.9 Å². The minimum absolute atomic E-state index is 0.0331. The number of rotatable bonds is 58. The number of primary amides is 1. The van der Waals surface area contributed by atoms with Gasteiger partial charge < -0.3 is 158 Å². The molecule has 2 saturated heterocycles. The molecule has 0 aromatic rings. The fourth-order valence-corrected chi connectivity index (χ4v) is 13.9. The van der Waals surface area contributed by atoms with Gasteiger partial charge in [0.25, 0.3) is 0 Å². The molecule has 2 heterocycles. The van der Waals surface area contributed by atoms with E-state index in [1.54, 1.807) is 6.26 Å². The highest BCUT2D eigenvalue weighted by atomic mass is 32.2. The van der Waals surface area contributed by atoms with Gasteiger partial charge in [-0.25, -0.2) is 4.79 Å². The molecule has 20 amide bonds. The Morgan fingerprint density at radius 3 is 1.15 bits per heavy atom. The van der Waals surface area contributed by atoms with Gasteiger partial charge in [0.1, 0.15) is 90.6 Å². The number of carboxylic acid groups (broad SMARTS) is 3. The lowest BCUT2D eigenvalue weighted by Crippen LogP contribution is -2.63. The van der Waals surface area contributed by atoms with Gasteiger partial charge in [-0.05, 0) is 115 Å². The molecule has 2 aliphatic heterocycles. The van der Waals surface area contributed by atoms with Gasteiger partial charge in [0, 0.05) is 25.9 Å². The van der Waals surface area contributed by atoms with Crippen molar-refractivity contribution in [3.63, 3.8) is 0 Å². The average Bonchev–Trinajstić information content (AvgIpc) is 1.55. The average molecular weight is 1930 g/mol. The molecule has 2 fully saturated rings. The highest BCUT2D eigenvalue weighted by Gasteiger charge is 2.45. The molecule has 30 N–H and O–H groups in total. The second-order valence-corrected chi connectivity index (χ2v) is 34.7. The summed E-state index contributed by atoms with van der Waals surface area (Å²) in [6.07, 6.45) is -8.25. The molecule has 0 aliphatic carbocycles. The van der Waals surface area contributed by atoms with Gasteiger partial charge in [-0.15, -0.1) is 0 Å². The van der Waals surface area contributed by atoms with Crippen molar-refractivity contribution < 1.29 is 156 Å². The molecular formula is C80H133N21O32S. The normalized spacial score (nSPS) is 17.8. The van der Waals surface area contributed by atoms with Crippen molar-refractivity contribution >= 4 is 148 Å². The van der Waals surface area contributed by atoms with Crippen LogP contribution in [-0.2, 0) is 110 Å². The number of nitrogens with zero attached hydrogens (tertiary/aromatic N) is 2. The summed E-state index contributed by atoms with van der Waals surface area (Å²) in [4.78, 5) is 308. The van der Waals surface area contributed by atoms with E-state index in [9.17, 15) is 151 Å². The first-order valence-electron chi connectivity index (χ1n) is 43.3. The van der Waals surface area contributed by atoms with Gasteiger partial charge in [-0.2, -0.15) is 11.8 Å². The Labute approximate surface area is 775 Å². The number of aliphatic hydroxyl groups is 6. The summed E-state index contributed by atoms with van der Waals surface area (Å²) in [5.41, 5.74) is 10.9. The fourth-order valence-electron chi connectivity index (χ4n) is 13.5. The molecule has 0 bridgehead atoms. The van der Waals surface area contributed by atoms with Gasteiger partial charge in [-0.1, -0.05) is 55.4 Å². The van der Waals surface area contributed by atoms with Crippen molar-refractivity contribution in [1.29, 1.82) is 0 Å². The van der Waals surface area contributed by atoms with Crippen molar-refractivity contribution in [3.8, 4) is 0 Å². The van der Waals surface area contributed by atoms with Crippen LogP contribution in [0.25, 0.3) is 0 Å². The van der Waals surface area contributed by atoms with Crippen LogP contribution in [0.5, 0.6) is 0 Å². The molecule has 0 aromatic heterocycles. The third-order valence-corrected chi connectivity index (χ3v) is 21.8. The predicted molar refractivity (Wildman–Crippen MR) is 468 cm³/mol. The van der Waals surface area contributed by atoms with Gasteiger partial charge >= 0.3 is 17.9 Å². The van der Waals surface area contributed by atoms with Gasteiger partial charge in [0.2, 0.25) is 118 Å². The first kappa shape index (κ1) is 118. The lowest BCUT2D eigenvalue weighted by molar-refractivity contribution is -0.145. The summed E-state index contributed by atoms with van der Waals surface area (Å²) in [7, 11) is 0. The number of hydrogen-bond acceptors (Lipinski definition) is 31. The van der Waals surface area contributed by atoms with Crippen LogP contribution >= 0.6 is 11.8 Å². The SMILES string of the molecule is CSCC[C@H](NC(=O)[C@@H](NC(=O)CNC(=O)[C@@H](N)CC(=O)O)C(C)C)C(=O)N[C@H](C(=O)N[C@@H](CCC(N)=O)C(=O)N[C@H](C(=O)N1CCC[C@H]1C(=O)N[C@@H](C)C(=O)N[C@@H](CO)C(=O)N[C@H](C(=O)N[C@@H](CO)C(=O)N[C@@H](CCC(=O)O)C(=O)N1CCC[C@H]1C(=O)N[C@H](C(=O)NCC(=O)NCC(=O)N[C@H](C(=O)N[C@H](C(=O)N[C@H](C(=O)O)[C@@H](C)O)C(C)C)[C@@H](C)O)C(C)C)C(C)C)[C@@H](C)O)[C@@H](C)O. The number of aliphatic hydroxyl groups excluding tert-OH is 6. The number of nitrogens with two attached hydrogens (primary N) is 2. The number of aliphatic carboxylic acids is 3. The minimum atomic E-state index is -1.96. The van der Waals surface area contributed by atoms with Crippen molar-refractivity contribution in [2.45, 2.75) is 281 Å². The number of likely N-dealkylation sites (tertiary alicyclic amines) is 2. The van der Waals surface area contributed by atoms with Gasteiger partial charge in [-0.3, -0.25) is 105 Å². The Balaban J connectivity index is 2.22. The highest BCUT2D eigenvalue weighted by Crippen LogP contribution is 2.23. The first-order valence-corrected chi connectivity index (χ1v) is 44.7. The molecule has 756 valence electrons. The molecule has 21 atom stereocenters. The molecule has 53 nitrogen and oxygen atoms in total. The van der Waals surface area contributed by atoms with E-state index in [1.165, 1.54) is 67.2 Å². The molecule has 0 spiro atoms. The number of thioether (sulfide) groups is 1. The Morgan fingerprint density at radius 2 is 0.694 bits per heavy atom. The molecule has 2 aliphatic rings. The lowest BCUT2D eigenvalue weighted by Gasteiger charge is -2.32. The summed E-state index contributed by atoms with van der Waals surface area (Å²) in [5.74, 6) is -28.3. The Morgan fingerprint density at radius 1 is 0.351 bits per heavy atom.